The van der Waals surface area contributed by atoms with E-state index in [9.17, 15) is 46.0 Å². The van der Waals surface area contributed by atoms with Crippen LogP contribution in [0.15, 0.2) is 69.9 Å². The average molecular weight is 997 g/mol. The van der Waals surface area contributed by atoms with E-state index in [0.717, 1.165) is 0 Å². The number of para-hydroxylation sites is 2. The van der Waals surface area contributed by atoms with Gasteiger partial charge in [-0.15, -0.1) is 0 Å². The second-order valence-corrected chi connectivity index (χ2v) is 15.9. The third kappa shape index (κ3) is 15.7. The van der Waals surface area contributed by atoms with Crippen LogP contribution in [0.5, 0.6) is 0 Å². The maximum atomic E-state index is 14.6. The number of carbonyl (C=O) groups is 2. The molecule has 64 heavy (non-hydrogen) atoms. The summed E-state index contributed by atoms with van der Waals surface area (Å²) in [6.07, 6.45) is 2.44. The Labute approximate surface area is 460 Å². The molecule has 0 saturated carbocycles. The Balaban J connectivity index is 0.00000352. The Morgan fingerprint density at radius 1 is 0.609 bits per heavy atom. The van der Waals surface area contributed by atoms with Gasteiger partial charge in [0.2, 0.25) is 35.4 Å². The van der Waals surface area contributed by atoms with Crippen LogP contribution in [0.2, 0.25) is 0 Å². The summed E-state index contributed by atoms with van der Waals surface area (Å²) in [5.74, 6) is -5.15. The fourth-order valence-electron chi connectivity index (χ4n) is 5.41. The third-order valence-corrected chi connectivity index (χ3v) is 9.91. The summed E-state index contributed by atoms with van der Waals surface area (Å²) in [4.78, 5) is 65.7. The monoisotopic (exact) mass is 996 g/mol. The van der Waals surface area contributed by atoms with Gasteiger partial charge in [0.25, 0.3) is 11.9 Å². The molecule has 34 heteroatoms. The fourth-order valence-corrected chi connectivity index (χ4v) is 6.58. The van der Waals surface area contributed by atoms with E-state index in [0.29, 0.717) is 24.1 Å². The number of rotatable bonds is 20. The smallest absolute Gasteiger partial charge is 0.748 e. The number of hydrogen-bond donors (Lipinski definition) is 2. The molecule has 2 aliphatic heterocycles. The van der Waals surface area contributed by atoms with E-state index in [1.165, 1.54) is 46.5 Å². The van der Waals surface area contributed by atoms with Crippen molar-refractivity contribution in [3.8, 4) is 0 Å². The van der Waals surface area contributed by atoms with Crippen molar-refractivity contribution in [2.45, 2.75) is 0 Å². The van der Waals surface area contributed by atoms with Crippen LogP contribution in [-0.4, -0.2) is 116 Å². The molecule has 0 saturated heterocycles. The van der Waals surface area contributed by atoms with Gasteiger partial charge in [-0.05, 0) is 24.3 Å². The van der Waals surface area contributed by atoms with Gasteiger partial charge in [-0.1, -0.05) is 24.3 Å². The largest absolute Gasteiger partial charge is 1.00 e. The van der Waals surface area contributed by atoms with Crippen molar-refractivity contribution in [3.63, 3.8) is 0 Å². The van der Waals surface area contributed by atoms with Gasteiger partial charge in [0.15, 0.2) is 0 Å². The number of aliphatic imine (C=N–C) groups is 2. The van der Waals surface area contributed by atoms with Crippen molar-refractivity contribution in [2.24, 2.45) is 9.98 Å². The SMILES string of the molecule is O=C1/C(=C2/C(=O)c3ccccc3N2c2nc(/N=C/CSOO[O-])nc(NCCS(=O)(=O)[O-])n2)N(c2nc(/N=C/CSOO[O-])nc(NCCS(=O)(=O)[O-])n2)c2ccccc21.[Na+].[Na+].[Na+].[Na+]. The number of anilines is 6. The van der Waals surface area contributed by atoms with Crippen LogP contribution in [0.4, 0.5) is 47.1 Å². The number of benzene rings is 2. The van der Waals surface area contributed by atoms with Crippen molar-refractivity contribution in [2.75, 3.05) is 56.5 Å². The molecule has 0 aliphatic carbocycles. The van der Waals surface area contributed by atoms with Gasteiger partial charge in [0, 0.05) is 60.7 Å². The van der Waals surface area contributed by atoms with E-state index < -0.39 is 56.4 Å². The van der Waals surface area contributed by atoms with Crippen LogP contribution in [0.1, 0.15) is 20.7 Å². The zero-order valence-electron chi connectivity index (χ0n) is 33.8. The molecule has 2 aromatic heterocycles. The first-order valence-electron chi connectivity index (χ1n) is 16.5. The van der Waals surface area contributed by atoms with E-state index >= 15 is 0 Å². The molecule has 6 rings (SSSR count). The zero-order chi connectivity index (χ0) is 42.9. The number of fused-ring (bicyclic) bond motifs is 2. The maximum Gasteiger partial charge on any atom is 1.00 e. The number of nitrogens with zero attached hydrogens (tertiary/aromatic N) is 10. The predicted molar refractivity (Wildman–Crippen MR) is 204 cm³/mol. The Morgan fingerprint density at radius 3 is 1.34 bits per heavy atom. The second kappa shape index (κ2) is 27.4. The minimum atomic E-state index is -4.68. The minimum absolute atomic E-state index is 0. The molecule has 0 unspecified atom stereocenters. The van der Waals surface area contributed by atoms with E-state index in [-0.39, 0.29) is 199 Å². The van der Waals surface area contributed by atoms with Gasteiger partial charge in [0.1, 0.15) is 11.4 Å². The van der Waals surface area contributed by atoms with Crippen LogP contribution in [0, 0.1) is 0 Å². The summed E-state index contributed by atoms with van der Waals surface area (Å²) in [7, 11) is -9.36. The van der Waals surface area contributed by atoms with Gasteiger partial charge in [-0.25, -0.2) is 26.8 Å². The Kier molecular flexibility index (Phi) is 25.0. The van der Waals surface area contributed by atoms with Crippen LogP contribution in [0.3, 0.4) is 0 Å². The Morgan fingerprint density at radius 2 is 0.984 bits per heavy atom. The fraction of sp³-hybridized carbons (Fsp3) is 0.200. The standard InChI is InChI=1S/C30H28N12O14S4.4Na/c43-23-17-5-1-3-7-19(17)41(29-37-25(31-9-13-57-55-53-45)35-27(39-29)33-11-15-59(47,48)49)21(23)22-24(44)18-6-2-4-8-20(18)42(22)30-38-26(32-10-14-58-56-54-46)36-28(40-30)34-12-16-60(50,51)52;;;;/h1-10,45-46H,11-16H2,(H,47,48,49)(H,50,51,52)(H,33,35,37,39)(H,34,36,38,40);;;;/q;4*+1/p-4/b22-21+,31-9+,32-10+;;;;. The van der Waals surface area contributed by atoms with Crippen molar-refractivity contribution in [1.82, 2.24) is 29.9 Å². The van der Waals surface area contributed by atoms with E-state index in [4.69, 9.17) is 0 Å². The van der Waals surface area contributed by atoms with Crippen molar-refractivity contribution in [1.29, 1.82) is 0 Å². The molecule has 0 atom stereocenters. The van der Waals surface area contributed by atoms with E-state index in [1.807, 2.05) is 0 Å². The number of hydrogen-bond acceptors (Lipinski definition) is 28. The Hall–Kier alpha value is -1.64. The normalized spacial score (nSPS) is 14.4. The number of aromatic nitrogens is 6. The molecule has 0 bridgehead atoms. The number of carbonyl (C=O) groups excluding carboxylic acids is 2. The van der Waals surface area contributed by atoms with Crippen LogP contribution in [0.25, 0.3) is 0 Å². The first kappa shape index (κ1) is 58.5. The van der Waals surface area contributed by atoms with Gasteiger partial charge < -0.3 is 30.3 Å². The first-order chi connectivity index (χ1) is 28.8. The van der Waals surface area contributed by atoms with Crippen molar-refractivity contribution < 1.29 is 183 Å². The first-order valence-corrected chi connectivity index (χ1v) is 21.5. The quantitative estimate of drug-likeness (QED) is 0.0121. The van der Waals surface area contributed by atoms with Crippen molar-refractivity contribution >= 4 is 115 Å². The molecule has 4 heterocycles. The summed E-state index contributed by atoms with van der Waals surface area (Å²) < 4.78 is 76.6. The van der Waals surface area contributed by atoms with Gasteiger partial charge in [0.05, 0.1) is 54.6 Å². The molecular weight excluding hydrogens is 973 g/mol. The molecule has 0 amide bonds. The minimum Gasteiger partial charge on any atom is -0.748 e. The molecule has 0 radical (unpaired) electrons. The molecule has 2 aromatic carbocycles. The summed E-state index contributed by atoms with van der Waals surface area (Å²) in [5.41, 5.74) is -0.183. The van der Waals surface area contributed by atoms with Crippen LogP contribution >= 0.6 is 24.1 Å². The van der Waals surface area contributed by atoms with E-state index in [2.05, 4.69) is 69.3 Å². The van der Waals surface area contributed by atoms with Gasteiger partial charge in [-0.3, -0.25) is 29.5 Å². The summed E-state index contributed by atoms with van der Waals surface area (Å²) in [6, 6.07) is 12.3. The number of ketones is 2. The van der Waals surface area contributed by atoms with Gasteiger partial charge in [-0.2, -0.15) is 38.6 Å². The van der Waals surface area contributed by atoms with Crippen LogP contribution in [-0.2, 0) is 39.0 Å². The Bertz CT molecular complexity index is 2430. The predicted octanol–water partition coefficient (Wildman–Crippen LogP) is -12.3. The van der Waals surface area contributed by atoms with E-state index in [1.54, 1.807) is 24.3 Å². The molecule has 0 fully saturated rings. The van der Waals surface area contributed by atoms with Crippen molar-refractivity contribution in [3.05, 3.63) is 71.1 Å². The zero-order valence-corrected chi connectivity index (χ0v) is 45.1. The third-order valence-electron chi connectivity index (χ3n) is 7.63. The van der Waals surface area contributed by atoms with Gasteiger partial charge >= 0.3 is 118 Å². The summed E-state index contributed by atoms with van der Waals surface area (Å²) in [5, 5.41) is 32.2. The molecule has 2 aliphatic rings. The molecular formula is C30H24N12Na4O14S4. The summed E-state index contributed by atoms with van der Waals surface area (Å²) >= 11 is 1.13. The number of nitrogens with one attached hydrogen (secondary N) is 2. The molecule has 2 N–H and O–H groups in total. The summed E-state index contributed by atoms with van der Waals surface area (Å²) in [6.45, 7) is -0.902. The number of Topliss-reactive ketones (excluding diaryl/α,β-unsaturated/α-hetero) is 2. The molecule has 4 aromatic rings. The number of allylic oxidation sites excluding steroid dienone is 2. The second-order valence-electron chi connectivity index (χ2n) is 11.4. The molecule has 0 spiro atoms. The van der Waals surface area contributed by atoms with Crippen LogP contribution < -0.4 is 149 Å². The topological polar surface area (TPSA) is 364 Å². The molecule has 316 valence electrons. The maximum absolute atomic E-state index is 14.6. The average Bonchev–Trinajstić information content (AvgIpc) is 3.66. The molecule has 26 nitrogen and oxygen atoms in total.